The Kier molecular flexibility index (Phi) is 4.80. The van der Waals surface area contributed by atoms with Crippen molar-refractivity contribution >= 4 is 21.8 Å². The number of hydrogen-bond donors (Lipinski definition) is 1. The van der Waals surface area contributed by atoms with Crippen molar-refractivity contribution in [2.24, 2.45) is 0 Å². The SMILES string of the molecule is C#CCNC(=O)C(C)Oc1cncc(Br)c1. The van der Waals surface area contributed by atoms with Crippen molar-refractivity contribution < 1.29 is 9.53 Å². The molecule has 0 saturated carbocycles. The highest BCUT2D eigenvalue weighted by atomic mass is 79.9. The van der Waals surface area contributed by atoms with Crippen LogP contribution in [0.3, 0.4) is 0 Å². The zero-order valence-corrected chi connectivity index (χ0v) is 10.3. The van der Waals surface area contributed by atoms with Crippen molar-refractivity contribution in [2.75, 3.05) is 6.54 Å². The average molecular weight is 283 g/mol. The van der Waals surface area contributed by atoms with Crippen molar-refractivity contribution in [2.45, 2.75) is 13.0 Å². The van der Waals surface area contributed by atoms with Gasteiger partial charge in [0, 0.05) is 10.7 Å². The number of terminal acetylenes is 1. The number of amides is 1. The molecule has 1 heterocycles. The maximum Gasteiger partial charge on any atom is 0.261 e. The number of pyridine rings is 1. The number of aromatic nitrogens is 1. The molecular formula is C11H11BrN2O2. The molecule has 1 atom stereocenters. The molecule has 0 aliphatic rings. The van der Waals surface area contributed by atoms with Crippen LogP contribution in [0.4, 0.5) is 0 Å². The van der Waals surface area contributed by atoms with Crippen LogP contribution in [0, 0.1) is 12.3 Å². The number of carbonyl (C=O) groups is 1. The molecule has 84 valence electrons. The van der Waals surface area contributed by atoms with E-state index in [2.05, 4.69) is 32.2 Å². The fourth-order valence-corrected chi connectivity index (χ4v) is 1.34. The van der Waals surface area contributed by atoms with E-state index < -0.39 is 6.10 Å². The Morgan fingerprint density at radius 2 is 2.50 bits per heavy atom. The highest BCUT2D eigenvalue weighted by molar-refractivity contribution is 9.10. The molecule has 1 aromatic heterocycles. The van der Waals surface area contributed by atoms with Crippen molar-refractivity contribution in [3.63, 3.8) is 0 Å². The van der Waals surface area contributed by atoms with Crippen LogP contribution in [0.2, 0.25) is 0 Å². The number of carbonyl (C=O) groups excluding carboxylic acids is 1. The molecule has 1 aromatic rings. The summed E-state index contributed by atoms with van der Waals surface area (Å²) in [6.45, 7) is 1.84. The number of rotatable bonds is 4. The van der Waals surface area contributed by atoms with Gasteiger partial charge in [0.15, 0.2) is 6.10 Å². The highest BCUT2D eigenvalue weighted by Gasteiger charge is 2.13. The fraction of sp³-hybridized carbons (Fsp3) is 0.273. The molecule has 0 aromatic carbocycles. The normalized spacial score (nSPS) is 11.3. The summed E-state index contributed by atoms with van der Waals surface area (Å²) >= 11 is 3.26. The van der Waals surface area contributed by atoms with Gasteiger partial charge in [-0.15, -0.1) is 6.42 Å². The van der Waals surface area contributed by atoms with E-state index in [4.69, 9.17) is 11.2 Å². The monoisotopic (exact) mass is 282 g/mol. The van der Waals surface area contributed by atoms with Crippen LogP contribution in [-0.2, 0) is 4.79 Å². The summed E-state index contributed by atoms with van der Waals surface area (Å²) in [5.41, 5.74) is 0. The minimum Gasteiger partial charge on any atom is -0.479 e. The van der Waals surface area contributed by atoms with Crippen LogP contribution >= 0.6 is 15.9 Å². The summed E-state index contributed by atoms with van der Waals surface area (Å²) < 4.78 is 6.17. The van der Waals surface area contributed by atoms with Gasteiger partial charge in [0.2, 0.25) is 0 Å². The van der Waals surface area contributed by atoms with E-state index in [1.165, 1.54) is 6.20 Å². The smallest absolute Gasteiger partial charge is 0.261 e. The van der Waals surface area contributed by atoms with Crippen LogP contribution in [0.1, 0.15) is 6.92 Å². The number of hydrogen-bond acceptors (Lipinski definition) is 3. The van der Waals surface area contributed by atoms with Crippen LogP contribution in [0.15, 0.2) is 22.9 Å². The van der Waals surface area contributed by atoms with Crippen LogP contribution in [0.25, 0.3) is 0 Å². The van der Waals surface area contributed by atoms with E-state index in [0.29, 0.717) is 5.75 Å². The van der Waals surface area contributed by atoms with Gasteiger partial charge in [-0.2, -0.15) is 0 Å². The second-order valence-electron chi connectivity index (χ2n) is 3.02. The molecule has 0 aliphatic carbocycles. The van der Waals surface area contributed by atoms with Gasteiger partial charge < -0.3 is 10.1 Å². The Balaban J connectivity index is 2.54. The largest absolute Gasteiger partial charge is 0.479 e. The molecule has 0 fully saturated rings. The Labute approximate surface area is 103 Å². The van der Waals surface area contributed by atoms with E-state index in [-0.39, 0.29) is 12.5 Å². The van der Waals surface area contributed by atoms with E-state index in [9.17, 15) is 4.79 Å². The fourth-order valence-electron chi connectivity index (χ4n) is 0.996. The van der Waals surface area contributed by atoms with E-state index >= 15 is 0 Å². The summed E-state index contributed by atoms with van der Waals surface area (Å²) in [7, 11) is 0. The third-order valence-corrected chi connectivity index (χ3v) is 2.16. The van der Waals surface area contributed by atoms with Gasteiger partial charge in [-0.1, -0.05) is 5.92 Å². The maximum absolute atomic E-state index is 11.4. The first-order valence-corrected chi connectivity index (χ1v) is 5.41. The van der Waals surface area contributed by atoms with E-state index in [0.717, 1.165) is 4.47 Å². The molecule has 1 amide bonds. The van der Waals surface area contributed by atoms with E-state index in [1.807, 2.05) is 0 Å². The van der Waals surface area contributed by atoms with Crippen molar-refractivity contribution in [3.05, 3.63) is 22.9 Å². The molecule has 1 N–H and O–H groups in total. The quantitative estimate of drug-likeness (QED) is 0.849. The standard InChI is InChI=1S/C11H11BrN2O2/c1-3-4-14-11(15)8(2)16-10-5-9(12)6-13-7-10/h1,5-8H,4H2,2H3,(H,14,15). The zero-order valence-electron chi connectivity index (χ0n) is 8.74. The Bertz CT molecular complexity index is 415. The lowest BCUT2D eigenvalue weighted by Crippen LogP contribution is -2.36. The first-order chi connectivity index (χ1) is 7.63. The molecule has 4 nitrogen and oxygen atoms in total. The van der Waals surface area contributed by atoms with Crippen LogP contribution in [0.5, 0.6) is 5.75 Å². The lowest BCUT2D eigenvalue weighted by molar-refractivity contribution is -0.127. The van der Waals surface area contributed by atoms with Crippen LogP contribution in [-0.4, -0.2) is 23.5 Å². The summed E-state index contributed by atoms with van der Waals surface area (Å²) in [5, 5.41) is 2.53. The molecule has 16 heavy (non-hydrogen) atoms. The molecule has 5 heteroatoms. The topological polar surface area (TPSA) is 51.2 Å². The number of nitrogens with zero attached hydrogens (tertiary/aromatic N) is 1. The van der Waals surface area contributed by atoms with Crippen molar-refractivity contribution in [3.8, 4) is 18.1 Å². The third kappa shape index (κ3) is 3.91. The van der Waals surface area contributed by atoms with Gasteiger partial charge in [0.05, 0.1) is 12.7 Å². The minimum absolute atomic E-state index is 0.198. The first-order valence-electron chi connectivity index (χ1n) is 4.62. The summed E-state index contributed by atoms with van der Waals surface area (Å²) in [6.07, 6.45) is 7.59. The molecule has 0 radical (unpaired) electrons. The van der Waals surface area contributed by atoms with Gasteiger partial charge >= 0.3 is 0 Å². The third-order valence-electron chi connectivity index (χ3n) is 1.73. The summed E-state index contributed by atoms with van der Waals surface area (Å²) in [4.78, 5) is 15.4. The predicted octanol–water partition coefficient (Wildman–Crippen LogP) is 1.36. The lowest BCUT2D eigenvalue weighted by Gasteiger charge is -2.13. The van der Waals surface area contributed by atoms with Gasteiger partial charge in [-0.3, -0.25) is 9.78 Å². The summed E-state index contributed by atoms with van der Waals surface area (Å²) in [5.74, 6) is 2.59. The number of nitrogens with one attached hydrogen (secondary N) is 1. The van der Waals surface area contributed by atoms with Crippen molar-refractivity contribution in [1.82, 2.24) is 10.3 Å². The number of halogens is 1. The highest BCUT2D eigenvalue weighted by Crippen LogP contribution is 2.16. The first kappa shape index (κ1) is 12.5. The molecule has 1 unspecified atom stereocenters. The Morgan fingerprint density at radius 3 is 3.12 bits per heavy atom. The second-order valence-corrected chi connectivity index (χ2v) is 3.94. The predicted molar refractivity (Wildman–Crippen MR) is 63.9 cm³/mol. The average Bonchev–Trinajstić information content (AvgIpc) is 2.25. The molecule has 1 rings (SSSR count). The zero-order chi connectivity index (χ0) is 12.0. The number of ether oxygens (including phenoxy) is 1. The Hall–Kier alpha value is -1.54. The maximum atomic E-state index is 11.4. The Morgan fingerprint density at radius 1 is 1.75 bits per heavy atom. The van der Waals surface area contributed by atoms with Crippen LogP contribution < -0.4 is 10.1 Å². The molecule has 0 spiro atoms. The lowest BCUT2D eigenvalue weighted by atomic mass is 10.3. The second kappa shape index (κ2) is 6.13. The van der Waals surface area contributed by atoms with Gasteiger partial charge in [0.25, 0.3) is 5.91 Å². The molecule has 0 bridgehead atoms. The van der Waals surface area contributed by atoms with Crippen molar-refractivity contribution in [1.29, 1.82) is 0 Å². The van der Waals surface area contributed by atoms with Gasteiger partial charge in [-0.05, 0) is 28.9 Å². The van der Waals surface area contributed by atoms with E-state index in [1.54, 1.807) is 19.2 Å². The minimum atomic E-state index is -0.607. The molecular weight excluding hydrogens is 272 g/mol. The molecule has 0 saturated heterocycles. The van der Waals surface area contributed by atoms with Gasteiger partial charge in [-0.25, -0.2) is 0 Å². The molecule has 0 aliphatic heterocycles. The van der Waals surface area contributed by atoms with Gasteiger partial charge in [0.1, 0.15) is 5.75 Å². The summed E-state index contributed by atoms with van der Waals surface area (Å²) in [6, 6.07) is 1.73.